The van der Waals surface area contributed by atoms with Crippen LogP contribution in [0.25, 0.3) is 11.0 Å². The molecule has 0 aliphatic carbocycles. The molecule has 0 saturated heterocycles. The van der Waals surface area contributed by atoms with Gasteiger partial charge in [-0.2, -0.15) is 0 Å². The Morgan fingerprint density at radius 2 is 1.76 bits per heavy atom. The highest BCUT2D eigenvalue weighted by Gasteiger charge is 2.15. The molecule has 0 atom stereocenters. The summed E-state index contributed by atoms with van der Waals surface area (Å²) in [7, 11) is 0. The number of amides is 1. The van der Waals surface area contributed by atoms with Crippen molar-refractivity contribution in [1.82, 2.24) is 0 Å². The van der Waals surface area contributed by atoms with Gasteiger partial charge in [-0.25, -0.2) is 4.79 Å². The van der Waals surface area contributed by atoms with Crippen molar-refractivity contribution < 1.29 is 23.5 Å². The van der Waals surface area contributed by atoms with Gasteiger partial charge in [0.1, 0.15) is 5.58 Å². The first-order chi connectivity index (χ1) is 12.0. The Labute approximate surface area is 143 Å². The first kappa shape index (κ1) is 16.4. The number of carbonyl (C=O) groups is 3. The van der Waals surface area contributed by atoms with Gasteiger partial charge in [-0.3, -0.25) is 9.59 Å². The highest BCUT2D eigenvalue weighted by Crippen LogP contribution is 2.19. The Kier molecular flexibility index (Phi) is 4.61. The van der Waals surface area contributed by atoms with E-state index in [0.29, 0.717) is 11.3 Å². The monoisotopic (exact) mass is 337 g/mol. The van der Waals surface area contributed by atoms with Crippen molar-refractivity contribution in [2.24, 2.45) is 0 Å². The Morgan fingerprint density at radius 3 is 2.44 bits per heavy atom. The molecule has 126 valence electrons. The van der Waals surface area contributed by atoms with Gasteiger partial charge in [0.15, 0.2) is 12.4 Å². The lowest BCUT2D eigenvalue weighted by Crippen LogP contribution is -2.14. The minimum Gasteiger partial charge on any atom is -0.454 e. The minimum absolute atomic E-state index is 0.148. The third-order valence-corrected chi connectivity index (χ3v) is 3.48. The normalized spacial score (nSPS) is 10.4. The average Bonchev–Trinajstić information content (AvgIpc) is 3.03. The molecule has 0 saturated carbocycles. The Hall–Kier alpha value is -3.41. The lowest BCUT2D eigenvalue weighted by molar-refractivity contribution is -0.114. The molecule has 6 nitrogen and oxygen atoms in total. The van der Waals surface area contributed by atoms with Gasteiger partial charge in [0, 0.05) is 18.0 Å². The van der Waals surface area contributed by atoms with Gasteiger partial charge < -0.3 is 14.5 Å². The fraction of sp³-hybridized carbons (Fsp3) is 0.105. The molecule has 25 heavy (non-hydrogen) atoms. The third-order valence-electron chi connectivity index (χ3n) is 3.48. The SMILES string of the molecule is CC(=O)Nc1ccc(C(=O)OCC(=O)c2cc3ccccc3o2)cc1. The molecule has 3 aromatic rings. The number of carbonyl (C=O) groups excluding carboxylic acids is 3. The predicted molar refractivity (Wildman–Crippen MR) is 91.6 cm³/mol. The molecule has 6 heteroatoms. The van der Waals surface area contributed by atoms with Crippen LogP contribution in [-0.2, 0) is 9.53 Å². The van der Waals surface area contributed by atoms with E-state index < -0.39 is 18.4 Å². The maximum Gasteiger partial charge on any atom is 0.338 e. The number of furan rings is 1. The minimum atomic E-state index is -0.626. The van der Waals surface area contributed by atoms with Crippen molar-refractivity contribution in [3.8, 4) is 0 Å². The van der Waals surface area contributed by atoms with Crippen LogP contribution in [0.2, 0.25) is 0 Å². The predicted octanol–water partition coefficient (Wildman–Crippen LogP) is 3.43. The molecule has 1 heterocycles. The topological polar surface area (TPSA) is 85.6 Å². The van der Waals surface area contributed by atoms with Crippen LogP contribution in [0.15, 0.2) is 59.0 Å². The van der Waals surface area contributed by atoms with Crippen molar-refractivity contribution >= 4 is 34.3 Å². The molecule has 3 rings (SSSR count). The largest absolute Gasteiger partial charge is 0.454 e. The van der Waals surface area contributed by atoms with Gasteiger partial charge in [-0.1, -0.05) is 18.2 Å². The summed E-state index contributed by atoms with van der Waals surface area (Å²) in [6, 6.07) is 15.1. The summed E-state index contributed by atoms with van der Waals surface area (Å²) in [5, 5.41) is 3.41. The van der Waals surface area contributed by atoms with Crippen LogP contribution in [0.1, 0.15) is 27.8 Å². The van der Waals surface area contributed by atoms with Crippen LogP contribution < -0.4 is 5.32 Å². The summed E-state index contributed by atoms with van der Waals surface area (Å²) in [5.41, 5.74) is 1.46. The number of hydrogen-bond donors (Lipinski definition) is 1. The average molecular weight is 337 g/mol. The molecule has 2 aromatic carbocycles. The number of hydrogen-bond acceptors (Lipinski definition) is 5. The molecule has 1 aromatic heterocycles. The molecule has 1 amide bonds. The first-order valence-electron chi connectivity index (χ1n) is 7.59. The van der Waals surface area contributed by atoms with Crippen molar-refractivity contribution in [3.63, 3.8) is 0 Å². The van der Waals surface area contributed by atoms with E-state index in [2.05, 4.69) is 5.32 Å². The number of ether oxygens (including phenoxy) is 1. The smallest absolute Gasteiger partial charge is 0.338 e. The van der Waals surface area contributed by atoms with E-state index in [0.717, 1.165) is 5.39 Å². The van der Waals surface area contributed by atoms with Crippen molar-refractivity contribution in [1.29, 1.82) is 0 Å². The number of esters is 1. The maximum atomic E-state index is 12.1. The second kappa shape index (κ2) is 7.00. The molecule has 0 radical (unpaired) electrons. The second-order valence-corrected chi connectivity index (χ2v) is 5.41. The van der Waals surface area contributed by atoms with Crippen molar-refractivity contribution in [2.75, 3.05) is 11.9 Å². The Balaban J connectivity index is 1.61. The molecule has 0 fully saturated rings. The van der Waals surface area contributed by atoms with Gasteiger partial charge >= 0.3 is 5.97 Å². The van der Waals surface area contributed by atoms with Gasteiger partial charge in [-0.05, 0) is 36.4 Å². The fourth-order valence-corrected chi connectivity index (χ4v) is 2.30. The molecule has 0 bridgehead atoms. The molecular formula is C19H15NO5. The van der Waals surface area contributed by atoms with Gasteiger partial charge in [-0.15, -0.1) is 0 Å². The highest BCUT2D eigenvalue weighted by molar-refractivity contribution is 6.00. The van der Waals surface area contributed by atoms with E-state index in [-0.39, 0.29) is 17.2 Å². The molecular weight excluding hydrogens is 322 g/mol. The number of para-hydroxylation sites is 1. The third kappa shape index (κ3) is 3.92. The zero-order chi connectivity index (χ0) is 17.8. The van der Waals surface area contributed by atoms with Crippen LogP contribution in [0.4, 0.5) is 5.69 Å². The number of Topliss-reactive ketones (excluding diaryl/α,β-unsaturated/α-hetero) is 1. The lowest BCUT2D eigenvalue weighted by Gasteiger charge is -2.05. The fourth-order valence-electron chi connectivity index (χ4n) is 2.30. The first-order valence-corrected chi connectivity index (χ1v) is 7.59. The van der Waals surface area contributed by atoms with Gasteiger partial charge in [0.05, 0.1) is 5.56 Å². The van der Waals surface area contributed by atoms with E-state index in [9.17, 15) is 14.4 Å². The summed E-state index contributed by atoms with van der Waals surface area (Å²) in [6.45, 7) is 0.984. The Bertz CT molecular complexity index is 907. The van der Waals surface area contributed by atoms with Crippen LogP contribution in [0.3, 0.4) is 0 Å². The summed E-state index contributed by atoms with van der Waals surface area (Å²) in [6.07, 6.45) is 0. The van der Waals surface area contributed by atoms with Crippen LogP contribution in [0.5, 0.6) is 0 Å². The molecule has 0 unspecified atom stereocenters. The Morgan fingerprint density at radius 1 is 1.04 bits per heavy atom. The second-order valence-electron chi connectivity index (χ2n) is 5.41. The molecule has 1 N–H and O–H groups in total. The summed E-state index contributed by atoms with van der Waals surface area (Å²) < 4.78 is 10.5. The maximum absolute atomic E-state index is 12.1. The lowest BCUT2D eigenvalue weighted by atomic mass is 10.2. The highest BCUT2D eigenvalue weighted by atomic mass is 16.5. The van der Waals surface area contributed by atoms with Crippen LogP contribution in [0, 0.1) is 0 Å². The van der Waals surface area contributed by atoms with Crippen LogP contribution >= 0.6 is 0 Å². The summed E-state index contributed by atoms with van der Waals surface area (Å²) in [5.74, 6) is -1.10. The zero-order valence-corrected chi connectivity index (χ0v) is 13.4. The number of ketones is 1. The number of benzene rings is 2. The summed E-state index contributed by atoms with van der Waals surface area (Å²) in [4.78, 5) is 35.1. The van der Waals surface area contributed by atoms with Gasteiger partial charge in [0.25, 0.3) is 0 Å². The van der Waals surface area contributed by atoms with Crippen LogP contribution in [-0.4, -0.2) is 24.3 Å². The zero-order valence-electron chi connectivity index (χ0n) is 13.4. The molecule has 0 spiro atoms. The van der Waals surface area contributed by atoms with Gasteiger partial charge in [0.2, 0.25) is 11.7 Å². The van der Waals surface area contributed by atoms with E-state index >= 15 is 0 Å². The molecule has 0 aliphatic rings. The van der Waals surface area contributed by atoms with E-state index in [1.807, 2.05) is 18.2 Å². The van der Waals surface area contributed by atoms with E-state index in [4.69, 9.17) is 9.15 Å². The number of nitrogens with one attached hydrogen (secondary N) is 1. The van der Waals surface area contributed by atoms with Crippen molar-refractivity contribution in [2.45, 2.75) is 6.92 Å². The number of anilines is 1. The van der Waals surface area contributed by atoms with E-state index in [1.165, 1.54) is 19.1 Å². The summed E-state index contributed by atoms with van der Waals surface area (Å²) >= 11 is 0. The van der Waals surface area contributed by atoms with Crippen molar-refractivity contribution in [3.05, 3.63) is 65.9 Å². The van der Waals surface area contributed by atoms with E-state index in [1.54, 1.807) is 24.3 Å². The standard InChI is InChI=1S/C19H15NO5/c1-12(21)20-15-8-6-13(7-9-15)19(23)24-11-16(22)18-10-14-4-2-3-5-17(14)25-18/h2-10H,11H2,1H3,(H,20,21). The quantitative estimate of drug-likeness (QED) is 0.569. The number of rotatable bonds is 5. The molecule has 0 aliphatic heterocycles. The number of fused-ring (bicyclic) bond motifs is 1.